The number of hydrogen-bond acceptors (Lipinski definition) is 6. The zero-order valence-corrected chi connectivity index (χ0v) is 10.1. The quantitative estimate of drug-likeness (QED) is 0.690. The maximum Gasteiger partial charge on any atom is 0.377 e. The van der Waals surface area contributed by atoms with Gasteiger partial charge in [-0.15, -0.1) is 5.10 Å². The van der Waals surface area contributed by atoms with Crippen molar-refractivity contribution in [1.29, 1.82) is 5.26 Å². The van der Waals surface area contributed by atoms with Gasteiger partial charge in [-0.1, -0.05) is 0 Å². The van der Waals surface area contributed by atoms with E-state index in [0.717, 1.165) is 0 Å². The first-order valence-corrected chi connectivity index (χ1v) is 5.02. The van der Waals surface area contributed by atoms with Crippen LogP contribution in [0.4, 0.5) is 0 Å². The van der Waals surface area contributed by atoms with Gasteiger partial charge in [-0.2, -0.15) is 10.4 Å². The highest BCUT2D eigenvalue weighted by Crippen LogP contribution is 2.15. The molecule has 0 fully saturated rings. The molecular weight excluding hydrogens is 236 g/mol. The maximum absolute atomic E-state index is 11.3. The second-order valence-electron chi connectivity index (χ2n) is 3.52. The van der Waals surface area contributed by atoms with Gasteiger partial charge in [0.2, 0.25) is 0 Å². The van der Waals surface area contributed by atoms with E-state index in [1.807, 2.05) is 6.07 Å². The lowest BCUT2D eigenvalue weighted by Crippen LogP contribution is -2.08. The fraction of sp³-hybridized carbons (Fsp3) is 0.300. The molecule has 92 valence electrons. The number of methoxy groups -OCH3 is 1. The summed E-state index contributed by atoms with van der Waals surface area (Å²) in [6.45, 7) is 1.72. The minimum Gasteiger partial charge on any atom is -0.463 e. The zero-order chi connectivity index (χ0) is 13.3. The van der Waals surface area contributed by atoms with Gasteiger partial charge in [-0.05, 0) is 6.92 Å². The summed E-state index contributed by atoms with van der Waals surface area (Å²) in [5, 5.41) is 17.2. The molecule has 0 saturated heterocycles. The molecule has 2 rings (SSSR count). The van der Waals surface area contributed by atoms with E-state index in [1.54, 1.807) is 14.0 Å². The van der Waals surface area contributed by atoms with Crippen molar-refractivity contribution in [1.82, 2.24) is 24.5 Å². The standard InChI is InChI=1S/C10H10N6O2/c1-6-7(4-11)9(15(2)13-6)16-5-12-8(14-16)10(17)18-3/h5H,1-3H3. The number of carbonyl (C=O) groups is 1. The Morgan fingerprint density at radius 2 is 2.22 bits per heavy atom. The Morgan fingerprint density at radius 1 is 1.50 bits per heavy atom. The smallest absolute Gasteiger partial charge is 0.377 e. The molecule has 0 aromatic carbocycles. The molecule has 0 spiro atoms. The number of aryl methyl sites for hydroxylation is 2. The second kappa shape index (κ2) is 4.29. The van der Waals surface area contributed by atoms with Gasteiger partial charge < -0.3 is 4.74 Å². The summed E-state index contributed by atoms with van der Waals surface area (Å²) >= 11 is 0. The summed E-state index contributed by atoms with van der Waals surface area (Å²) in [6, 6.07) is 2.05. The molecule has 0 aliphatic rings. The van der Waals surface area contributed by atoms with Gasteiger partial charge >= 0.3 is 5.97 Å². The fourth-order valence-electron chi connectivity index (χ4n) is 1.59. The molecule has 0 aliphatic carbocycles. The Bertz CT molecular complexity index is 648. The van der Waals surface area contributed by atoms with Crippen LogP contribution in [0.2, 0.25) is 0 Å². The molecular formula is C10H10N6O2. The molecule has 0 N–H and O–H groups in total. The molecule has 0 saturated carbocycles. The van der Waals surface area contributed by atoms with Crippen molar-refractivity contribution in [3.63, 3.8) is 0 Å². The third-order valence-corrected chi connectivity index (χ3v) is 2.38. The van der Waals surface area contributed by atoms with Gasteiger partial charge in [0.15, 0.2) is 5.82 Å². The Balaban J connectivity index is 2.53. The number of carbonyl (C=O) groups excluding carboxylic acids is 1. The third kappa shape index (κ3) is 1.71. The van der Waals surface area contributed by atoms with Crippen molar-refractivity contribution in [3.05, 3.63) is 23.4 Å². The number of ether oxygens (including phenoxy) is 1. The number of esters is 1. The first-order chi connectivity index (χ1) is 8.58. The van der Waals surface area contributed by atoms with Gasteiger partial charge in [0.05, 0.1) is 12.8 Å². The predicted octanol–water partition coefficient (Wildman–Crippen LogP) is -0.0325. The molecule has 0 amide bonds. The Morgan fingerprint density at radius 3 is 2.83 bits per heavy atom. The summed E-state index contributed by atoms with van der Waals surface area (Å²) in [4.78, 5) is 15.1. The predicted molar refractivity (Wildman–Crippen MR) is 58.9 cm³/mol. The minimum absolute atomic E-state index is 0.0692. The van der Waals surface area contributed by atoms with Crippen LogP contribution in [-0.4, -0.2) is 37.6 Å². The molecule has 0 aliphatic heterocycles. The second-order valence-corrected chi connectivity index (χ2v) is 3.52. The van der Waals surface area contributed by atoms with Gasteiger partial charge in [0.25, 0.3) is 5.82 Å². The van der Waals surface area contributed by atoms with Crippen molar-refractivity contribution in [2.75, 3.05) is 7.11 Å². The third-order valence-electron chi connectivity index (χ3n) is 2.38. The van der Waals surface area contributed by atoms with Crippen LogP contribution in [-0.2, 0) is 11.8 Å². The van der Waals surface area contributed by atoms with E-state index in [0.29, 0.717) is 17.1 Å². The summed E-state index contributed by atoms with van der Waals surface area (Å²) in [5.41, 5.74) is 0.976. The van der Waals surface area contributed by atoms with Crippen molar-refractivity contribution in [3.8, 4) is 11.9 Å². The van der Waals surface area contributed by atoms with E-state index >= 15 is 0 Å². The normalized spacial score (nSPS) is 10.1. The van der Waals surface area contributed by atoms with Gasteiger partial charge in [0, 0.05) is 7.05 Å². The SMILES string of the molecule is COC(=O)c1ncn(-c2c(C#N)c(C)nn2C)n1. The minimum atomic E-state index is -0.633. The number of hydrogen-bond donors (Lipinski definition) is 0. The number of rotatable bonds is 2. The Labute approximate surface area is 102 Å². The maximum atomic E-state index is 11.3. The van der Waals surface area contributed by atoms with Gasteiger partial charge in [0.1, 0.15) is 18.0 Å². The average Bonchev–Trinajstić information content (AvgIpc) is 2.92. The lowest BCUT2D eigenvalue weighted by molar-refractivity contribution is 0.0587. The monoisotopic (exact) mass is 246 g/mol. The summed E-state index contributed by atoms with van der Waals surface area (Å²) in [5.74, 6) is -0.246. The van der Waals surface area contributed by atoms with Crippen LogP contribution in [0.3, 0.4) is 0 Å². The molecule has 18 heavy (non-hydrogen) atoms. The lowest BCUT2D eigenvalue weighted by atomic mass is 10.3. The summed E-state index contributed by atoms with van der Waals surface area (Å²) in [7, 11) is 2.93. The largest absolute Gasteiger partial charge is 0.463 e. The number of nitrogens with zero attached hydrogens (tertiary/aromatic N) is 6. The van der Waals surface area contributed by atoms with E-state index in [4.69, 9.17) is 5.26 Å². The van der Waals surface area contributed by atoms with Gasteiger partial charge in [-0.25, -0.2) is 19.1 Å². The van der Waals surface area contributed by atoms with Crippen LogP contribution in [0.25, 0.3) is 5.82 Å². The fourth-order valence-corrected chi connectivity index (χ4v) is 1.59. The Kier molecular flexibility index (Phi) is 2.81. The lowest BCUT2D eigenvalue weighted by Gasteiger charge is -2.00. The molecule has 2 aromatic heterocycles. The van der Waals surface area contributed by atoms with Crippen LogP contribution in [0.5, 0.6) is 0 Å². The summed E-state index contributed by atoms with van der Waals surface area (Å²) < 4.78 is 7.34. The van der Waals surface area contributed by atoms with Crippen LogP contribution in [0, 0.1) is 18.3 Å². The highest BCUT2D eigenvalue weighted by Gasteiger charge is 2.18. The average molecular weight is 246 g/mol. The molecule has 2 aromatic rings. The molecule has 0 bridgehead atoms. The topological polar surface area (TPSA) is 98.6 Å². The van der Waals surface area contributed by atoms with Crippen molar-refractivity contribution >= 4 is 5.97 Å². The van der Waals surface area contributed by atoms with E-state index in [2.05, 4.69) is 19.9 Å². The zero-order valence-electron chi connectivity index (χ0n) is 10.1. The van der Waals surface area contributed by atoms with Crippen molar-refractivity contribution < 1.29 is 9.53 Å². The molecule has 0 radical (unpaired) electrons. The molecule has 8 nitrogen and oxygen atoms in total. The van der Waals surface area contributed by atoms with E-state index in [-0.39, 0.29) is 5.82 Å². The van der Waals surface area contributed by atoms with Crippen LogP contribution in [0.1, 0.15) is 21.9 Å². The number of aromatic nitrogens is 5. The van der Waals surface area contributed by atoms with Crippen LogP contribution >= 0.6 is 0 Å². The highest BCUT2D eigenvalue weighted by atomic mass is 16.5. The molecule has 0 atom stereocenters. The van der Waals surface area contributed by atoms with Crippen molar-refractivity contribution in [2.45, 2.75) is 6.92 Å². The molecule has 0 unspecified atom stereocenters. The summed E-state index contributed by atoms with van der Waals surface area (Å²) in [6.07, 6.45) is 1.34. The highest BCUT2D eigenvalue weighted by molar-refractivity contribution is 5.84. The van der Waals surface area contributed by atoms with E-state index in [9.17, 15) is 4.79 Å². The van der Waals surface area contributed by atoms with Crippen LogP contribution < -0.4 is 0 Å². The molecule has 8 heteroatoms. The van der Waals surface area contributed by atoms with E-state index < -0.39 is 5.97 Å². The first-order valence-electron chi connectivity index (χ1n) is 5.02. The van der Waals surface area contributed by atoms with Gasteiger partial charge in [-0.3, -0.25) is 0 Å². The van der Waals surface area contributed by atoms with Crippen molar-refractivity contribution in [2.24, 2.45) is 7.05 Å². The number of nitriles is 1. The first kappa shape index (κ1) is 11.8. The van der Waals surface area contributed by atoms with E-state index in [1.165, 1.54) is 22.8 Å². The molecule has 2 heterocycles. The van der Waals surface area contributed by atoms with Crippen LogP contribution in [0.15, 0.2) is 6.33 Å². The Hall–Kier alpha value is -2.69.